The van der Waals surface area contributed by atoms with Crippen LogP contribution in [0.5, 0.6) is 0 Å². The van der Waals surface area contributed by atoms with Crippen LogP contribution in [0, 0.1) is 0 Å². The summed E-state index contributed by atoms with van der Waals surface area (Å²) >= 11 is 0. The Hall–Kier alpha value is -2.78. The number of rotatable bonds is 6. The van der Waals surface area contributed by atoms with E-state index in [1.165, 1.54) is 12.1 Å². The van der Waals surface area contributed by atoms with Gasteiger partial charge >= 0.3 is 6.18 Å². The summed E-state index contributed by atoms with van der Waals surface area (Å²) in [5.41, 5.74) is 1.29. The number of anilines is 2. The van der Waals surface area contributed by atoms with Crippen molar-refractivity contribution in [3.8, 4) is 0 Å². The third-order valence-corrected chi connectivity index (χ3v) is 5.01. The molecular formula is C21H24F3N3O3. The fourth-order valence-corrected chi connectivity index (χ4v) is 3.24. The van der Waals surface area contributed by atoms with Gasteiger partial charge in [-0.3, -0.25) is 4.79 Å². The number of carbonyl (C=O) groups is 1. The third-order valence-electron chi connectivity index (χ3n) is 5.01. The second-order valence-corrected chi connectivity index (χ2v) is 7.12. The molecule has 1 fully saturated rings. The van der Waals surface area contributed by atoms with Gasteiger partial charge in [-0.15, -0.1) is 0 Å². The van der Waals surface area contributed by atoms with Crippen molar-refractivity contribution in [3.63, 3.8) is 0 Å². The molecule has 3 N–H and O–H groups in total. The summed E-state index contributed by atoms with van der Waals surface area (Å²) in [6.45, 7) is 1.90. The van der Waals surface area contributed by atoms with Gasteiger partial charge < -0.3 is 25.3 Å². The van der Waals surface area contributed by atoms with Crippen LogP contribution in [0.3, 0.4) is 0 Å². The maximum absolute atomic E-state index is 12.7. The van der Waals surface area contributed by atoms with Crippen LogP contribution < -0.4 is 10.2 Å². The van der Waals surface area contributed by atoms with Gasteiger partial charge in [-0.25, -0.2) is 0 Å². The Morgan fingerprint density at radius 3 is 2.13 bits per heavy atom. The standard InChI is InChI=1S/C21H24F3N3O3/c22-21(23,24)16-3-7-18(8-4-16)26-9-11-27(12-10-26)20(30)15-1-5-17(6-2-15)25-13-19(29)14-28/h1-8,19,25,28-29H,9-14H2. The normalized spacial score (nSPS) is 15.8. The summed E-state index contributed by atoms with van der Waals surface area (Å²) in [5, 5.41) is 21.1. The number of nitrogens with zero attached hydrogens (tertiary/aromatic N) is 2. The highest BCUT2D eigenvalue weighted by atomic mass is 19.4. The number of aliphatic hydroxyl groups is 2. The summed E-state index contributed by atoms with van der Waals surface area (Å²) in [4.78, 5) is 16.4. The highest BCUT2D eigenvalue weighted by molar-refractivity contribution is 5.94. The molecule has 2 aromatic rings. The average Bonchev–Trinajstić information content (AvgIpc) is 2.77. The average molecular weight is 423 g/mol. The molecule has 2 aromatic carbocycles. The van der Waals surface area contributed by atoms with Crippen molar-refractivity contribution in [2.24, 2.45) is 0 Å². The molecule has 1 aliphatic heterocycles. The minimum Gasteiger partial charge on any atom is -0.394 e. The van der Waals surface area contributed by atoms with Gasteiger partial charge in [0.1, 0.15) is 0 Å². The van der Waals surface area contributed by atoms with Gasteiger partial charge in [0.25, 0.3) is 5.91 Å². The van der Waals surface area contributed by atoms with Crippen LogP contribution in [0.25, 0.3) is 0 Å². The zero-order valence-electron chi connectivity index (χ0n) is 16.3. The molecule has 1 saturated heterocycles. The van der Waals surface area contributed by atoms with Crippen molar-refractivity contribution in [1.82, 2.24) is 4.90 Å². The molecule has 0 bridgehead atoms. The molecule has 0 aliphatic carbocycles. The van der Waals surface area contributed by atoms with Crippen LogP contribution in [0.2, 0.25) is 0 Å². The molecule has 30 heavy (non-hydrogen) atoms. The number of amides is 1. The largest absolute Gasteiger partial charge is 0.416 e. The maximum Gasteiger partial charge on any atom is 0.416 e. The van der Waals surface area contributed by atoms with Crippen LogP contribution in [0.1, 0.15) is 15.9 Å². The number of carbonyl (C=O) groups excluding carboxylic acids is 1. The first-order chi connectivity index (χ1) is 14.3. The summed E-state index contributed by atoms with van der Waals surface area (Å²) < 4.78 is 38.1. The Bertz CT molecular complexity index is 833. The summed E-state index contributed by atoms with van der Waals surface area (Å²) in [6.07, 6.45) is -5.21. The topological polar surface area (TPSA) is 76.0 Å². The Morgan fingerprint density at radius 1 is 1.00 bits per heavy atom. The van der Waals surface area contributed by atoms with E-state index in [-0.39, 0.29) is 19.1 Å². The van der Waals surface area contributed by atoms with E-state index < -0.39 is 17.8 Å². The lowest BCUT2D eigenvalue weighted by molar-refractivity contribution is -0.137. The Labute approximate surface area is 172 Å². The number of hydrogen-bond donors (Lipinski definition) is 3. The van der Waals surface area contributed by atoms with Crippen molar-refractivity contribution in [2.45, 2.75) is 12.3 Å². The zero-order chi connectivity index (χ0) is 21.7. The molecule has 0 spiro atoms. The molecule has 0 aromatic heterocycles. The molecule has 3 rings (SSSR count). The summed E-state index contributed by atoms with van der Waals surface area (Å²) in [7, 11) is 0. The van der Waals surface area contributed by atoms with Crippen molar-refractivity contribution < 1.29 is 28.2 Å². The van der Waals surface area contributed by atoms with E-state index in [0.717, 1.165) is 17.8 Å². The molecule has 1 amide bonds. The van der Waals surface area contributed by atoms with Crippen molar-refractivity contribution >= 4 is 17.3 Å². The van der Waals surface area contributed by atoms with E-state index >= 15 is 0 Å². The van der Waals surface area contributed by atoms with Crippen molar-refractivity contribution in [2.75, 3.05) is 49.5 Å². The Morgan fingerprint density at radius 2 is 1.60 bits per heavy atom. The number of aliphatic hydroxyl groups excluding tert-OH is 2. The maximum atomic E-state index is 12.7. The van der Waals surface area contributed by atoms with Crippen LogP contribution >= 0.6 is 0 Å². The second-order valence-electron chi connectivity index (χ2n) is 7.12. The lowest BCUT2D eigenvalue weighted by Crippen LogP contribution is -2.48. The lowest BCUT2D eigenvalue weighted by Gasteiger charge is -2.36. The fraction of sp³-hybridized carbons (Fsp3) is 0.381. The molecule has 1 heterocycles. The lowest BCUT2D eigenvalue weighted by atomic mass is 10.1. The minimum atomic E-state index is -4.35. The number of halogens is 3. The van der Waals surface area contributed by atoms with E-state index in [1.807, 2.05) is 4.90 Å². The van der Waals surface area contributed by atoms with E-state index in [2.05, 4.69) is 5.32 Å². The molecule has 0 saturated carbocycles. The fourth-order valence-electron chi connectivity index (χ4n) is 3.24. The summed E-state index contributed by atoms with van der Waals surface area (Å²) in [6, 6.07) is 11.9. The Kier molecular flexibility index (Phi) is 6.84. The predicted molar refractivity (Wildman–Crippen MR) is 108 cm³/mol. The van der Waals surface area contributed by atoms with Gasteiger partial charge in [0.05, 0.1) is 18.3 Å². The predicted octanol–water partition coefficient (Wildman–Crippen LogP) is 2.43. The minimum absolute atomic E-state index is 0.107. The third kappa shape index (κ3) is 5.43. The summed E-state index contributed by atoms with van der Waals surface area (Å²) in [5.74, 6) is -0.107. The van der Waals surface area contributed by atoms with Gasteiger partial charge in [-0.1, -0.05) is 0 Å². The molecule has 162 valence electrons. The van der Waals surface area contributed by atoms with E-state index in [4.69, 9.17) is 5.11 Å². The van der Waals surface area contributed by atoms with Crippen LogP contribution in [0.15, 0.2) is 48.5 Å². The first-order valence-electron chi connectivity index (χ1n) is 9.62. The van der Waals surface area contributed by atoms with Gasteiger partial charge in [0, 0.05) is 49.7 Å². The Balaban J connectivity index is 1.53. The van der Waals surface area contributed by atoms with Gasteiger partial charge in [0.2, 0.25) is 0 Å². The van der Waals surface area contributed by atoms with Crippen LogP contribution in [0.4, 0.5) is 24.5 Å². The van der Waals surface area contributed by atoms with Gasteiger partial charge in [-0.2, -0.15) is 13.2 Å². The van der Waals surface area contributed by atoms with Crippen LogP contribution in [-0.4, -0.2) is 66.5 Å². The quantitative estimate of drug-likeness (QED) is 0.666. The number of hydrogen-bond acceptors (Lipinski definition) is 5. The smallest absolute Gasteiger partial charge is 0.394 e. The number of nitrogens with one attached hydrogen (secondary N) is 1. The number of benzene rings is 2. The molecule has 9 heteroatoms. The van der Waals surface area contributed by atoms with Crippen molar-refractivity contribution in [3.05, 3.63) is 59.7 Å². The molecule has 1 atom stereocenters. The number of alkyl halides is 3. The van der Waals surface area contributed by atoms with Crippen molar-refractivity contribution in [1.29, 1.82) is 0 Å². The molecule has 1 unspecified atom stereocenters. The first-order valence-corrected chi connectivity index (χ1v) is 9.62. The monoisotopic (exact) mass is 423 g/mol. The highest BCUT2D eigenvalue weighted by Crippen LogP contribution is 2.30. The molecular weight excluding hydrogens is 399 g/mol. The number of piperazine rings is 1. The van der Waals surface area contributed by atoms with Gasteiger partial charge in [0.15, 0.2) is 0 Å². The highest BCUT2D eigenvalue weighted by Gasteiger charge is 2.30. The molecule has 1 aliphatic rings. The van der Waals surface area contributed by atoms with E-state index in [9.17, 15) is 23.1 Å². The van der Waals surface area contributed by atoms with Gasteiger partial charge in [-0.05, 0) is 48.5 Å². The van der Waals surface area contributed by atoms with E-state index in [0.29, 0.717) is 37.4 Å². The molecule has 6 nitrogen and oxygen atoms in total. The second kappa shape index (κ2) is 9.36. The zero-order valence-corrected chi connectivity index (χ0v) is 16.3. The SMILES string of the molecule is O=C(c1ccc(NCC(O)CO)cc1)N1CCN(c2ccc(C(F)(F)F)cc2)CC1. The van der Waals surface area contributed by atoms with E-state index in [1.54, 1.807) is 29.2 Å². The van der Waals surface area contributed by atoms with Crippen LogP contribution in [-0.2, 0) is 6.18 Å². The molecule has 0 radical (unpaired) electrons. The first kappa shape index (κ1) is 21.9.